The molecule has 0 saturated carbocycles. The van der Waals surface area contributed by atoms with Gasteiger partial charge in [0, 0.05) is 44.8 Å². The quantitative estimate of drug-likeness (QED) is 0.739. The number of halogens is 1. The topological polar surface area (TPSA) is 32.8 Å². The minimum absolute atomic E-state index is 0.196. The highest BCUT2D eigenvalue weighted by molar-refractivity contribution is 6.30. The van der Waals surface area contributed by atoms with Crippen LogP contribution in [0.1, 0.15) is 31.2 Å². The minimum Gasteiger partial charge on any atom is -0.385 e. The third-order valence-corrected chi connectivity index (χ3v) is 5.68. The third-order valence-electron chi connectivity index (χ3n) is 5.43. The van der Waals surface area contributed by atoms with Crippen LogP contribution in [0, 0.1) is 5.41 Å². The van der Waals surface area contributed by atoms with E-state index in [1.165, 1.54) is 0 Å². The van der Waals surface area contributed by atoms with Crippen LogP contribution in [0.3, 0.4) is 0 Å². The van der Waals surface area contributed by atoms with E-state index >= 15 is 0 Å². The first-order valence-corrected chi connectivity index (χ1v) is 9.22. The number of piperidine rings is 1. The zero-order chi connectivity index (χ0) is 17.0. The Hall–Kier alpha value is -1.10. The van der Waals surface area contributed by atoms with Crippen molar-refractivity contribution in [3.05, 3.63) is 34.9 Å². The Balaban J connectivity index is 1.52. The summed E-state index contributed by atoms with van der Waals surface area (Å²) in [6.45, 7) is 5.74. The second kappa shape index (κ2) is 7.85. The standard InChI is InChI=1S/C19H27ClN2O2/c1-24-12-2-9-21-10-7-19(8-11-21)13-18(23)22(15-19)14-16-3-5-17(20)6-4-16/h3-6H,2,7-15H2,1H3. The Labute approximate surface area is 149 Å². The Morgan fingerprint density at radius 2 is 1.92 bits per heavy atom. The van der Waals surface area contributed by atoms with Crippen molar-refractivity contribution in [2.75, 3.05) is 39.9 Å². The predicted molar refractivity (Wildman–Crippen MR) is 96.1 cm³/mol. The van der Waals surface area contributed by atoms with Gasteiger partial charge in [0.25, 0.3) is 0 Å². The van der Waals surface area contributed by atoms with Gasteiger partial charge in [0.2, 0.25) is 5.91 Å². The summed E-state index contributed by atoms with van der Waals surface area (Å²) in [7, 11) is 1.75. The lowest BCUT2D eigenvalue weighted by Crippen LogP contribution is -2.42. The van der Waals surface area contributed by atoms with Crippen molar-refractivity contribution in [1.29, 1.82) is 0 Å². The fraction of sp³-hybridized carbons (Fsp3) is 0.632. The lowest BCUT2D eigenvalue weighted by Gasteiger charge is -2.38. The molecular formula is C19H27ClN2O2. The molecule has 0 bridgehead atoms. The number of ether oxygens (including phenoxy) is 1. The van der Waals surface area contributed by atoms with Gasteiger partial charge >= 0.3 is 0 Å². The zero-order valence-corrected chi connectivity index (χ0v) is 15.2. The van der Waals surface area contributed by atoms with Crippen LogP contribution in [-0.2, 0) is 16.1 Å². The van der Waals surface area contributed by atoms with E-state index in [4.69, 9.17) is 16.3 Å². The van der Waals surface area contributed by atoms with Gasteiger partial charge < -0.3 is 14.5 Å². The predicted octanol–water partition coefficient (Wildman–Crippen LogP) is 3.19. The van der Waals surface area contributed by atoms with Crippen LogP contribution in [-0.4, -0.2) is 55.6 Å². The lowest BCUT2D eigenvalue weighted by molar-refractivity contribution is -0.128. The molecule has 1 spiro atoms. The van der Waals surface area contributed by atoms with Crippen LogP contribution in [0.25, 0.3) is 0 Å². The molecular weight excluding hydrogens is 324 g/mol. The number of likely N-dealkylation sites (tertiary alicyclic amines) is 2. The van der Waals surface area contributed by atoms with Crippen molar-refractivity contribution in [3.63, 3.8) is 0 Å². The monoisotopic (exact) mass is 350 g/mol. The summed E-state index contributed by atoms with van der Waals surface area (Å²) in [5.41, 5.74) is 1.35. The number of nitrogens with zero attached hydrogens (tertiary/aromatic N) is 2. The average Bonchev–Trinajstić information content (AvgIpc) is 2.87. The first-order chi connectivity index (χ1) is 11.6. The summed E-state index contributed by atoms with van der Waals surface area (Å²) >= 11 is 5.94. The van der Waals surface area contributed by atoms with E-state index in [-0.39, 0.29) is 5.41 Å². The Morgan fingerprint density at radius 3 is 2.58 bits per heavy atom. The number of methoxy groups -OCH3 is 1. The molecule has 2 aliphatic heterocycles. The van der Waals surface area contributed by atoms with Gasteiger partial charge in [-0.25, -0.2) is 0 Å². The molecule has 0 aliphatic carbocycles. The molecule has 132 valence electrons. The summed E-state index contributed by atoms with van der Waals surface area (Å²) in [4.78, 5) is 17.0. The summed E-state index contributed by atoms with van der Waals surface area (Å²) < 4.78 is 5.13. The van der Waals surface area contributed by atoms with Gasteiger partial charge in [-0.15, -0.1) is 0 Å². The number of rotatable bonds is 6. The maximum atomic E-state index is 12.5. The molecule has 0 radical (unpaired) electrons. The van der Waals surface area contributed by atoms with Crippen LogP contribution in [0.2, 0.25) is 5.02 Å². The number of benzene rings is 1. The molecule has 4 nitrogen and oxygen atoms in total. The van der Waals surface area contributed by atoms with E-state index < -0.39 is 0 Å². The van der Waals surface area contributed by atoms with E-state index in [9.17, 15) is 4.79 Å². The summed E-state index contributed by atoms with van der Waals surface area (Å²) in [6, 6.07) is 7.81. The highest BCUT2D eigenvalue weighted by atomic mass is 35.5. The van der Waals surface area contributed by atoms with Gasteiger partial charge in [0.15, 0.2) is 0 Å². The molecule has 0 N–H and O–H groups in total. The molecule has 0 aromatic heterocycles. The molecule has 2 aliphatic rings. The van der Waals surface area contributed by atoms with E-state index in [0.29, 0.717) is 18.9 Å². The van der Waals surface area contributed by atoms with E-state index in [2.05, 4.69) is 4.90 Å². The molecule has 1 aromatic carbocycles. The van der Waals surface area contributed by atoms with Crippen LogP contribution in [0.4, 0.5) is 0 Å². The molecule has 1 amide bonds. The maximum absolute atomic E-state index is 12.5. The normalized spacial score (nSPS) is 20.9. The van der Waals surface area contributed by atoms with Crippen LogP contribution in [0.5, 0.6) is 0 Å². The lowest BCUT2D eigenvalue weighted by atomic mass is 9.77. The Morgan fingerprint density at radius 1 is 1.21 bits per heavy atom. The summed E-state index contributed by atoms with van der Waals surface area (Å²) in [5.74, 6) is 0.304. The first-order valence-electron chi connectivity index (χ1n) is 8.84. The maximum Gasteiger partial charge on any atom is 0.223 e. The first kappa shape index (κ1) is 17.7. The van der Waals surface area contributed by atoms with Crippen molar-refractivity contribution in [2.24, 2.45) is 5.41 Å². The molecule has 2 saturated heterocycles. The fourth-order valence-electron chi connectivity index (χ4n) is 3.95. The average molecular weight is 351 g/mol. The minimum atomic E-state index is 0.196. The summed E-state index contributed by atoms with van der Waals surface area (Å²) in [5, 5.41) is 0.740. The van der Waals surface area contributed by atoms with Crippen LogP contribution < -0.4 is 0 Å². The van der Waals surface area contributed by atoms with Crippen molar-refractivity contribution in [1.82, 2.24) is 9.80 Å². The SMILES string of the molecule is COCCCN1CCC2(CC1)CC(=O)N(Cc1ccc(Cl)cc1)C2. The highest BCUT2D eigenvalue weighted by Crippen LogP contribution is 2.41. The number of carbonyl (C=O) groups is 1. The number of amides is 1. The molecule has 0 atom stereocenters. The zero-order valence-electron chi connectivity index (χ0n) is 14.5. The van der Waals surface area contributed by atoms with Gasteiger partial charge in [-0.2, -0.15) is 0 Å². The molecule has 2 heterocycles. The van der Waals surface area contributed by atoms with Crippen molar-refractivity contribution in [3.8, 4) is 0 Å². The molecule has 1 aromatic rings. The van der Waals surface area contributed by atoms with E-state index in [1.807, 2.05) is 29.2 Å². The molecule has 5 heteroatoms. The van der Waals surface area contributed by atoms with E-state index in [1.54, 1.807) is 7.11 Å². The van der Waals surface area contributed by atoms with Crippen LogP contribution >= 0.6 is 11.6 Å². The number of hydrogen-bond donors (Lipinski definition) is 0. The van der Waals surface area contributed by atoms with Crippen LogP contribution in [0.15, 0.2) is 24.3 Å². The van der Waals surface area contributed by atoms with Gasteiger partial charge in [-0.3, -0.25) is 4.79 Å². The van der Waals surface area contributed by atoms with Gasteiger partial charge in [0.1, 0.15) is 0 Å². The highest BCUT2D eigenvalue weighted by Gasteiger charge is 2.44. The largest absolute Gasteiger partial charge is 0.385 e. The Bertz CT molecular complexity index is 553. The molecule has 3 rings (SSSR count). The van der Waals surface area contributed by atoms with Crippen molar-refractivity contribution >= 4 is 17.5 Å². The Kier molecular flexibility index (Phi) is 5.80. The van der Waals surface area contributed by atoms with Gasteiger partial charge in [-0.05, 0) is 55.5 Å². The number of carbonyl (C=O) groups excluding carboxylic acids is 1. The van der Waals surface area contributed by atoms with Crippen molar-refractivity contribution < 1.29 is 9.53 Å². The smallest absolute Gasteiger partial charge is 0.223 e. The third kappa shape index (κ3) is 4.29. The molecule has 24 heavy (non-hydrogen) atoms. The number of hydrogen-bond acceptors (Lipinski definition) is 3. The van der Waals surface area contributed by atoms with Gasteiger partial charge in [0.05, 0.1) is 0 Å². The molecule has 0 unspecified atom stereocenters. The summed E-state index contributed by atoms with van der Waals surface area (Å²) in [6.07, 6.45) is 4.06. The van der Waals surface area contributed by atoms with E-state index in [0.717, 1.165) is 62.6 Å². The van der Waals surface area contributed by atoms with Crippen molar-refractivity contribution in [2.45, 2.75) is 32.2 Å². The molecule has 2 fully saturated rings. The second-order valence-corrected chi connectivity index (χ2v) is 7.68. The second-order valence-electron chi connectivity index (χ2n) is 7.24. The van der Waals surface area contributed by atoms with Gasteiger partial charge in [-0.1, -0.05) is 23.7 Å². The fourth-order valence-corrected chi connectivity index (χ4v) is 4.08.